The molecule has 0 atom stereocenters. The van der Waals surface area contributed by atoms with Crippen molar-refractivity contribution in [2.75, 3.05) is 26.3 Å². The van der Waals surface area contributed by atoms with Crippen molar-refractivity contribution in [2.24, 2.45) is 0 Å². The van der Waals surface area contributed by atoms with Gasteiger partial charge in [0.05, 0.1) is 13.2 Å². The van der Waals surface area contributed by atoms with Crippen molar-refractivity contribution in [3.8, 4) is 0 Å². The summed E-state index contributed by atoms with van der Waals surface area (Å²) in [4.78, 5) is 10.9. The Morgan fingerprint density at radius 3 is 2.73 bits per heavy atom. The van der Waals surface area contributed by atoms with E-state index in [1.165, 1.54) is 0 Å². The monoisotopic (exact) mass is 158 g/mol. The molecule has 64 valence electrons. The zero-order valence-corrected chi connectivity index (χ0v) is 6.80. The van der Waals surface area contributed by atoms with Gasteiger partial charge in [0, 0.05) is 19.5 Å². The molecule has 1 saturated heterocycles. The Morgan fingerprint density at radius 2 is 2.18 bits per heavy atom. The number of morpholine rings is 1. The van der Waals surface area contributed by atoms with Crippen LogP contribution in [-0.2, 0) is 9.53 Å². The zero-order valence-electron chi connectivity index (χ0n) is 6.80. The molecule has 0 unspecified atom stereocenters. The van der Waals surface area contributed by atoms with Crippen LogP contribution in [0.4, 0.5) is 0 Å². The van der Waals surface area contributed by atoms with Gasteiger partial charge in [0.25, 0.3) is 0 Å². The molecular weight excluding hydrogens is 144 g/mol. The van der Waals surface area contributed by atoms with Crippen molar-refractivity contribution in [3.63, 3.8) is 0 Å². The number of carbonyl (C=O) groups is 1. The third-order valence-corrected chi connectivity index (χ3v) is 1.62. The number of rotatable bonds is 2. The third kappa shape index (κ3) is 2.86. The van der Waals surface area contributed by atoms with E-state index in [1.54, 1.807) is 0 Å². The van der Waals surface area contributed by atoms with Gasteiger partial charge in [-0.3, -0.25) is 10.2 Å². The Hall–Kier alpha value is -0.610. The van der Waals surface area contributed by atoms with E-state index in [0.717, 1.165) is 13.1 Å². The molecule has 0 aromatic heterocycles. The van der Waals surface area contributed by atoms with E-state index in [4.69, 9.17) is 4.74 Å². The maximum absolute atomic E-state index is 10.9. The highest BCUT2D eigenvalue weighted by Crippen LogP contribution is 1.92. The van der Waals surface area contributed by atoms with Crippen LogP contribution in [0.5, 0.6) is 0 Å². The van der Waals surface area contributed by atoms with Crippen molar-refractivity contribution in [3.05, 3.63) is 0 Å². The first-order chi connectivity index (χ1) is 5.33. The Morgan fingerprint density at radius 1 is 1.55 bits per heavy atom. The Bertz CT molecular complexity index is 132. The van der Waals surface area contributed by atoms with Crippen LogP contribution in [0.15, 0.2) is 0 Å². The van der Waals surface area contributed by atoms with Crippen LogP contribution < -0.4 is 5.43 Å². The first kappa shape index (κ1) is 8.49. The lowest BCUT2D eigenvalue weighted by Gasteiger charge is -2.26. The normalized spacial score (nSPS) is 19.7. The van der Waals surface area contributed by atoms with E-state index in [-0.39, 0.29) is 5.91 Å². The zero-order chi connectivity index (χ0) is 8.10. The van der Waals surface area contributed by atoms with Crippen molar-refractivity contribution in [1.29, 1.82) is 0 Å². The number of hydrazine groups is 1. The van der Waals surface area contributed by atoms with Crippen LogP contribution >= 0.6 is 0 Å². The quantitative estimate of drug-likeness (QED) is 0.603. The number of amides is 1. The summed E-state index contributed by atoms with van der Waals surface area (Å²) in [5.41, 5.74) is 2.78. The molecule has 4 nitrogen and oxygen atoms in total. The van der Waals surface area contributed by atoms with Gasteiger partial charge in [0.1, 0.15) is 0 Å². The lowest BCUT2D eigenvalue weighted by atomic mass is 10.4. The van der Waals surface area contributed by atoms with Gasteiger partial charge in [0.15, 0.2) is 0 Å². The number of carbonyl (C=O) groups excluding carboxylic acids is 1. The molecule has 0 bridgehead atoms. The first-order valence-electron chi connectivity index (χ1n) is 3.95. The van der Waals surface area contributed by atoms with Crippen molar-refractivity contribution >= 4 is 5.91 Å². The predicted octanol–water partition coefficient (Wildman–Crippen LogP) is -0.240. The number of hydrogen-bond acceptors (Lipinski definition) is 3. The summed E-state index contributed by atoms with van der Waals surface area (Å²) < 4.78 is 5.12. The van der Waals surface area contributed by atoms with Crippen molar-refractivity contribution in [2.45, 2.75) is 13.3 Å². The minimum absolute atomic E-state index is 0.0758. The van der Waals surface area contributed by atoms with Crippen LogP contribution in [-0.4, -0.2) is 37.2 Å². The summed E-state index contributed by atoms with van der Waals surface area (Å²) in [7, 11) is 0. The van der Waals surface area contributed by atoms with Crippen molar-refractivity contribution in [1.82, 2.24) is 10.4 Å². The summed E-state index contributed by atoms with van der Waals surface area (Å²) in [6.45, 7) is 4.86. The van der Waals surface area contributed by atoms with Gasteiger partial charge in [-0.2, -0.15) is 0 Å². The van der Waals surface area contributed by atoms with Crippen LogP contribution in [0.2, 0.25) is 0 Å². The molecule has 0 spiro atoms. The van der Waals surface area contributed by atoms with Crippen molar-refractivity contribution < 1.29 is 9.53 Å². The van der Waals surface area contributed by atoms with E-state index in [0.29, 0.717) is 19.6 Å². The summed E-state index contributed by atoms with van der Waals surface area (Å²) in [6, 6.07) is 0. The van der Waals surface area contributed by atoms with Gasteiger partial charge < -0.3 is 4.74 Å². The smallest absolute Gasteiger partial charge is 0.233 e. The fourth-order valence-electron chi connectivity index (χ4n) is 0.931. The Balaban J connectivity index is 2.19. The molecule has 0 aliphatic carbocycles. The molecule has 1 rings (SSSR count). The van der Waals surface area contributed by atoms with Crippen LogP contribution in [0, 0.1) is 0 Å². The molecule has 0 radical (unpaired) electrons. The maximum Gasteiger partial charge on any atom is 0.233 e. The van der Waals surface area contributed by atoms with E-state index >= 15 is 0 Å². The molecule has 0 aromatic rings. The fourth-order valence-corrected chi connectivity index (χ4v) is 0.931. The molecular formula is C7H14N2O2. The van der Waals surface area contributed by atoms with Gasteiger partial charge in [-0.15, -0.1) is 0 Å². The van der Waals surface area contributed by atoms with E-state index in [9.17, 15) is 4.79 Å². The first-order valence-corrected chi connectivity index (χ1v) is 3.95. The van der Waals surface area contributed by atoms with Crippen LogP contribution in [0.1, 0.15) is 13.3 Å². The number of nitrogens with one attached hydrogen (secondary N) is 1. The SMILES string of the molecule is CCC(=O)NN1CCOCC1. The van der Waals surface area contributed by atoms with Gasteiger partial charge >= 0.3 is 0 Å². The fraction of sp³-hybridized carbons (Fsp3) is 0.857. The molecule has 1 aliphatic heterocycles. The standard InChI is InChI=1S/C7H14N2O2/c1-2-7(10)8-9-3-5-11-6-4-9/h2-6H2,1H3,(H,8,10). The highest BCUT2D eigenvalue weighted by molar-refractivity contribution is 5.74. The van der Waals surface area contributed by atoms with Gasteiger partial charge in [-0.05, 0) is 0 Å². The highest BCUT2D eigenvalue weighted by atomic mass is 16.5. The van der Waals surface area contributed by atoms with Crippen LogP contribution in [0.25, 0.3) is 0 Å². The van der Waals surface area contributed by atoms with Crippen LogP contribution in [0.3, 0.4) is 0 Å². The minimum Gasteiger partial charge on any atom is -0.379 e. The molecule has 1 N–H and O–H groups in total. The molecule has 1 amide bonds. The second-order valence-electron chi connectivity index (χ2n) is 2.49. The van der Waals surface area contributed by atoms with Gasteiger partial charge in [0.2, 0.25) is 5.91 Å². The number of hydrogen-bond donors (Lipinski definition) is 1. The van der Waals surface area contributed by atoms with E-state index in [2.05, 4.69) is 5.43 Å². The molecule has 1 fully saturated rings. The Labute approximate surface area is 66.5 Å². The van der Waals surface area contributed by atoms with E-state index in [1.807, 2.05) is 11.9 Å². The van der Waals surface area contributed by atoms with E-state index < -0.39 is 0 Å². The lowest BCUT2D eigenvalue weighted by Crippen LogP contribution is -2.48. The minimum atomic E-state index is 0.0758. The second-order valence-corrected chi connectivity index (χ2v) is 2.49. The molecule has 0 saturated carbocycles. The average molecular weight is 158 g/mol. The Kier molecular flexibility index (Phi) is 3.32. The maximum atomic E-state index is 10.9. The second kappa shape index (κ2) is 4.31. The summed E-state index contributed by atoms with van der Waals surface area (Å²) >= 11 is 0. The third-order valence-electron chi connectivity index (χ3n) is 1.62. The van der Waals surface area contributed by atoms with Gasteiger partial charge in [-0.1, -0.05) is 6.92 Å². The molecule has 11 heavy (non-hydrogen) atoms. The highest BCUT2D eigenvalue weighted by Gasteiger charge is 2.10. The van der Waals surface area contributed by atoms with Gasteiger partial charge in [-0.25, -0.2) is 5.01 Å². The number of nitrogens with zero attached hydrogens (tertiary/aromatic N) is 1. The number of ether oxygens (including phenoxy) is 1. The topological polar surface area (TPSA) is 41.6 Å². The predicted molar refractivity (Wildman–Crippen MR) is 40.8 cm³/mol. The molecule has 0 aromatic carbocycles. The molecule has 4 heteroatoms. The summed E-state index contributed by atoms with van der Waals surface area (Å²) in [6.07, 6.45) is 0.539. The average Bonchev–Trinajstić information content (AvgIpc) is 2.06. The summed E-state index contributed by atoms with van der Waals surface area (Å²) in [5.74, 6) is 0.0758. The molecule has 1 heterocycles. The summed E-state index contributed by atoms with van der Waals surface area (Å²) in [5, 5.41) is 1.90. The lowest BCUT2D eigenvalue weighted by molar-refractivity contribution is -0.127. The molecule has 1 aliphatic rings. The largest absolute Gasteiger partial charge is 0.379 e.